The standard InChI is InChI=1S/C18H25N3O5/c1-12(2)20-18(23)17(22)19-10-14(21-5-7-24-8-6-21)13-3-4-15-16(9-13)26-11-25-15/h3-4,9,12,14H,5-8,10-11H2,1-2H3,(H,19,22)(H,20,23)/t14-/m1/s1. The molecule has 1 aromatic rings. The Labute approximate surface area is 152 Å². The van der Waals surface area contributed by atoms with E-state index >= 15 is 0 Å². The van der Waals surface area contributed by atoms with Crippen LogP contribution in [0.4, 0.5) is 0 Å². The highest BCUT2D eigenvalue weighted by Crippen LogP contribution is 2.35. The predicted octanol–water partition coefficient (Wildman–Crippen LogP) is 0.429. The van der Waals surface area contributed by atoms with Crippen molar-refractivity contribution in [3.05, 3.63) is 23.8 Å². The van der Waals surface area contributed by atoms with Crippen molar-refractivity contribution < 1.29 is 23.8 Å². The van der Waals surface area contributed by atoms with E-state index in [1.54, 1.807) is 0 Å². The second kappa shape index (κ2) is 8.37. The summed E-state index contributed by atoms with van der Waals surface area (Å²) in [6, 6.07) is 5.61. The molecule has 2 aliphatic rings. The Hall–Kier alpha value is -2.32. The molecule has 0 unspecified atom stereocenters. The van der Waals surface area contributed by atoms with Crippen LogP contribution in [0.5, 0.6) is 11.5 Å². The van der Waals surface area contributed by atoms with Crippen molar-refractivity contribution in [2.75, 3.05) is 39.6 Å². The van der Waals surface area contributed by atoms with E-state index < -0.39 is 11.8 Å². The zero-order chi connectivity index (χ0) is 18.5. The lowest BCUT2D eigenvalue weighted by Crippen LogP contribution is -2.47. The summed E-state index contributed by atoms with van der Waals surface area (Å²) in [4.78, 5) is 26.1. The molecule has 0 aliphatic carbocycles. The number of morpholine rings is 1. The van der Waals surface area contributed by atoms with Crippen molar-refractivity contribution in [1.82, 2.24) is 15.5 Å². The minimum Gasteiger partial charge on any atom is -0.454 e. The van der Waals surface area contributed by atoms with Gasteiger partial charge in [-0.1, -0.05) is 6.07 Å². The number of benzene rings is 1. The number of hydrogen-bond acceptors (Lipinski definition) is 6. The summed E-state index contributed by atoms with van der Waals surface area (Å²) in [6.07, 6.45) is 0. The van der Waals surface area contributed by atoms with Crippen molar-refractivity contribution in [3.8, 4) is 11.5 Å². The fraction of sp³-hybridized carbons (Fsp3) is 0.556. The molecule has 2 amide bonds. The monoisotopic (exact) mass is 363 g/mol. The maximum absolute atomic E-state index is 12.1. The molecular weight excluding hydrogens is 338 g/mol. The maximum Gasteiger partial charge on any atom is 0.309 e. The molecule has 1 fully saturated rings. The summed E-state index contributed by atoms with van der Waals surface area (Å²) in [5, 5.41) is 5.34. The molecule has 0 bridgehead atoms. The highest BCUT2D eigenvalue weighted by atomic mass is 16.7. The van der Waals surface area contributed by atoms with E-state index in [0.29, 0.717) is 25.5 Å². The third kappa shape index (κ3) is 4.44. The van der Waals surface area contributed by atoms with Crippen LogP contribution in [0.3, 0.4) is 0 Å². The Morgan fingerprint density at radius 3 is 2.58 bits per heavy atom. The Bertz CT molecular complexity index is 658. The second-order valence-electron chi connectivity index (χ2n) is 6.62. The van der Waals surface area contributed by atoms with Gasteiger partial charge in [-0.05, 0) is 31.5 Å². The van der Waals surface area contributed by atoms with Crippen molar-refractivity contribution in [2.45, 2.75) is 25.9 Å². The van der Waals surface area contributed by atoms with Crippen LogP contribution in [-0.4, -0.2) is 62.4 Å². The summed E-state index contributed by atoms with van der Waals surface area (Å²) >= 11 is 0. The van der Waals surface area contributed by atoms with Crippen molar-refractivity contribution in [3.63, 3.8) is 0 Å². The molecule has 26 heavy (non-hydrogen) atoms. The fourth-order valence-electron chi connectivity index (χ4n) is 3.06. The van der Waals surface area contributed by atoms with E-state index in [2.05, 4.69) is 15.5 Å². The van der Waals surface area contributed by atoms with Gasteiger partial charge in [0.05, 0.1) is 19.3 Å². The molecule has 0 spiro atoms. The van der Waals surface area contributed by atoms with Gasteiger partial charge in [0.25, 0.3) is 0 Å². The average Bonchev–Trinajstić information content (AvgIpc) is 3.10. The van der Waals surface area contributed by atoms with E-state index in [0.717, 1.165) is 24.4 Å². The molecule has 0 aromatic heterocycles. The van der Waals surface area contributed by atoms with Crippen LogP contribution < -0.4 is 20.1 Å². The third-order valence-corrected chi connectivity index (χ3v) is 4.35. The first kappa shape index (κ1) is 18.5. The van der Waals surface area contributed by atoms with E-state index in [-0.39, 0.29) is 18.9 Å². The van der Waals surface area contributed by atoms with E-state index in [9.17, 15) is 9.59 Å². The number of carbonyl (C=O) groups excluding carboxylic acids is 2. The molecule has 142 valence electrons. The van der Waals surface area contributed by atoms with Crippen LogP contribution in [0.25, 0.3) is 0 Å². The number of nitrogens with zero attached hydrogens (tertiary/aromatic N) is 1. The lowest BCUT2D eigenvalue weighted by atomic mass is 10.0. The summed E-state index contributed by atoms with van der Waals surface area (Å²) in [5.74, 6) is 0.170. The lowest BCUT2D eigenvalue weighted by Gasteiger charge is -2.35. The third-order valence-electron chi connectivity index (χ3n) is 4.35. The quantitative estimate of drug-likeness (QED) is 0.738. The maximum atomic E-state index is 12.1. The number of fused-ring (bicyclic) bond motifs is 1. The zero-order valence-corrected chi connectivity index (χ0v) is 15.1. The van der Waals surface area contributed by atoms with Gasteiger partial charge in [0.15, 0.2) is 11.5 Å². The molecule has 0 saturated carbocycles. The van der Waals surface area contributed by atoms with Crippen molar-refractivity contribution in [2.24, 2.45) is 0 Å². The van der Waals surface area contributed by atoms with Crippen LogP contribution in [0.2, 0.25) is 0 Å². The molecule has 8 nitrogen and oxygen atoms in total. The number of rotatable bonds is 5. The lowest BCUT2D eigenvalue weighted by molar-refractivity contribution is -0.139. The summed E-state index contributed by atoms with van der Waals surface area (Å²) in [7, 11) is 0. The Kier molecular flexibility index (Phi) is 5.95. The largest absolute Gasteiger partial charge is 0.454 e. The van der Waals surface area contributed by atoms with E-state index in [1.165, 1.54) is 0 Å². The predicted molar refractivity (Wildman–Crippen MR) is 94.0 cm³/mol. The van der Waals surface area contributed by atoms with E-state index in [4.69, 9.17) is 14.2 Å². The van der Waals surface area contributed by atoms with Crippen LogP contribution in [0, 0.1) is 0 Å². The molecule has 1 aromatic carbocycles. The molecule has 1 saturated heterocycles. The first-order chi connectivity index (χ1) is 12.5. The molecule has 2 heterocycles. The zero-order valence-electron chi connectivity index (χ0n) is 15.1. The highest BCUT2D eigenvalue weighted by molar-refractivity contribution is 6.35. The minimum absolute atomic E-state index is 0.0794. The Morgan fingerprint density at radius 2 is 1.85 bits per heavy atom. The second-order valence-corrected chi connectivity index (χ2v) is 6.62. The molecule has 2 aliphatic heterocycles. The average molecular weight is 363 g/mol. The van der Waals surface area contributed by atoms with Crippen LogP contribution in [0.15, 0.2) is 18.2 Å². The van der Waals surface area contributed by atoms with Crippen LogP contribution >= 0.6 is 0 Å². The number of amides is 2. The smallest absolute Gasteiger partial charge is 0.309 e. The van der Waals surface area contributed by atoms with E-state index in [1.807, 2.05) is 32.0 Å². The van der Waals surface area contributed by atoms with Crippen molar-refractivity contribution >= 4 is 11.8 Å². The van der Waals surface area contributed by atoms with Crippen LogP contribution in [0.1, 0.15) is 25.5 Å². The molecule has 3 rings (SSSR count). The SMILES string of the molecule is CC(C)NC(=O)C(=O)NC[C@H](c1ccc2c(c1)OCO2)N1CCOCC1. The summed E-state index contributed by atoms with van der Waals surface area (Å²) < 4.78 is 16.3. The van der Waals surface area contributed by atoms with Crippen LogP contribution in [-0.2, 0) is 14.3 Å². The van der Waals surface area contributed by atoms with Gasteiger partial charge in [0, 0.05) is 25.7 Å². The number of carbonyl (C=O) groups is 2. The molecular formula is C18H25N3O5. The topological polar surface area (TPSA) is 89.1 Å². The van der Waals surface area contributed by atoms with Gasteiger partial charge < -0.3 is 24.8 Å². The minimum atomic E-state index is -0.627. The first-order valence-corrected chi connectivity index (χ1v) is 8.84. The van der Waals surface area contributed by atoms with Gasteiger partial charge >= 0.3 is 11.8 Å². The highest BCUT2D eigenvalue weighted by Gasteiger charge is 2.26. The van der Waals surface area contributed by atoms with Gasteiger partial charge in [-0.2, -0.15) is 0 Å². The van der Waals surface area contributed by atoms with Gasteiger partial charge in [-0.25, -0.2) is 0 Å². The van der Waals surface area contributed by atoms with Gasteiger partial charge in [0.2, 0.25) is 6.79 Å². The number of nitrogens with one attached hydrogen (secondary N) is 2. The van der Waals surface area contributed by atoms with Gasteiger partial charge in [-0.15, -0.1) is 0 Å². The normalized spacial score (nSPS) is 17.8. The van der Waals surface area contributed by atoms with Crippen molar-refractivity contribution in [1.29, 1.82) is 0 Å². The molecule has 1 atom stereocenters. The molecule has 2 N–H and O–H groups in total. The molecule has 0 radical (unpaired) electrons. The molecule has 8 heteroatoms. The Balaban J connectivity index is 1.71. The van der Waals surface area contributed by atoms with Gasteiger partial charge in [-0.3, -0.25) is 14.5 Å². The summed E-state index contributed by atoms with van der Waals surface area (Å²) in [6.45, 7) is 6.96. The van der Waals surface area contributed by atoms with Gasteiger partial charge in [0.1, 0.15) is 0 Å². The number of hydrogen-bond donors (Lipinski definition) is 2. The Morgan fingerprint density at radius 1 is 1.12 bits per heavy atom. The fourth-order valence-corrected chi connectivity index (χ4v) is 3.06. The number of ether oxygens (including phenoxy) is 3. The summed E-state index contributed by atoms with van der Waals surface area (Å²) in [5.41, 5.74) is 1.00. The first-order valence-electron chi connectivity index (χ1n) is 8.84.